The van der Waals surface area contributed by atoms with E-state index >= 15 is 0 Å². The van der Waals surface area contributed by atoms with Gasteiger partial charge in [0.2, 0.25) is 5.56 Å². The first kappa shape index (κ1) is 17.8. The van der Waals surface area contributed by atoms with Crippen molar-refractivity contribution >= 4 is 16.7 Å². The third-order valence-corrected chi connectivity index (χ3v) is 4.47. The zero-order valence-corrected chi connectivity index (χ0v) is 14.8. The molecule has 7 heteroatoms. The number of hydrogen-bond donors (Lipinski definition) is 1. The molecule has 2 aromatic heterocycles. The van der Waals surface area contributed by atoms with Crippen LogP contribution in [-0.4, -0.2) is 15.0 Å². The van der Waals surface area contributed by atoms with Gasteiger partial charge in [-0.05, 0) is 17.7 Å². The number of aromatic amines is 1. The number of nitrogens with one attached hydrogen (secondary N) is 1. The van der Waals surface area contributed by atoms with Crippen molar-refractivity contribution in [1.29, 1.82) is 0 Å². The molecule has 0 aliphatic carbocycles. The molecule has 0 amide bonds. The zero-order valence-electron chi connectivity index (χ0n) is 14.8. The maximum Gasteiger partial charge on any atom is 0.248 e. The Morgan fingerprint density at radius 3 is 2.50 bits per heavy atom. The van der Waals surface area contributed by atoms with E-state index < -0.39 is 11.4 Å². The normalized spacial score (nSPS) is 10.9. The van der Waals surface area contributed by atoms with E-state index in [-0.39, 0.29) is 24.4 Å². The van der Waals surface area contributed by atoms with E-state index in [0.29, 0.717) is 22.3 Å². The number of fused-ring (bicyclic) bond motifs is 1. The van der Waals surface area contributed by atoms with Gasteiger partial charge in [0.15, 0.2) is 0 Å². The molecule has 4 aromatic rings. The molecule has 28 heavy (non-hydrogen) atoms. The molecule has 1 N–H and O–H groups in total. The lowest BCUT2D eigenvalue weighted by atomic mass is 10.1. The van der Waals surface area contributed by atoms with Crippen LogP contribution in [-0.2, 0) is 13.1 Å². The lowest BCUT2D eigenvalue weighted by Gasteiger charge is -2.24. The largest absolute Gasteiger partial charge is 0.347 e. The molecule has 4 rings (SSSR count). The van der Waals surface area contributed by atoms with E-state index in [1.165, 1.54) is 18.2 Å². The first-order valence-electron chi connectivity index (χ1n) is 8.66. The van der Waals surface area contributed by atoms with E-state index in [0.717, 1.165) is 0 Å². The van der Waals surface area contributed by atoms with Gasteiger partial charge in [0.1, 0.15) is 17.5 Å². The van der Waals surface area contributed by atoms with Crippen molar-refractivity contribution < 1.29 is 8.78 Å². The van der Waals surface area contributed by atoms with E-state index in [1.54, 1.807) is 53.8 Å². The summed E-state index contributed by atoms with van der Waals surface area (Å²) in [6, 6.07) is 12.5. The maximum absolute atomic E-state index is 14.2. The number of rotatable bonds is 5. The fraction of sp³-hybridized carbons (Fsp3) is 0.0952. The second-order valence-electron chi connectivity index (χ2n) is 6.33. The van der Waals surface area contributed by atoms with Gasteiger partial charge in [0.25, 0.3) is 0 Å². The molecule has 0 fully saturated rings. The van der Waals surface area contributed by atoms with Gasteiger partial charge in [0, 0.05) is 42.5 Å². The van der Waals surface area contributed by atoms with Crippen LogP contribution in [0, 0.1) is 11.6 Å². The number of nitrogens with zero attached hydrogens (tertiary/aromatic N) is 3. The molecule has 0 saturated carbocycles. The summed E-state index contributed by atoms with van der Waals surface area (Å²) in [6.45, 7) is 0.450. The van der Waals surface area contributed by atoms with Crippen LogP contribution in [0.4, 0.5) is 14.6 Å². The summed E-state index contributed by atoms with van der Waals surface area (Å²) in [5, 5.41) is 0.585. The Balaban J connectivity index is 1.79. The van der Waals surface area contributed by atoms with Crippen molar-refractivity contribution in [2.75, 3.05) is 4.90 Å². The highest BCUT2D eigenvalue weighted by molar-refractivity contribution is 5.82. The van der Waals surface area contributed by atoms with Crippen LogP contribution in [0.2, 0.25) is 0 Å². The average molecular weight is 378 g/mol. The maximum atomic E-state index is 14.2. The molecular formula is C21H16F2N4O. The quantitative estimate of drug-likeness (QED) is 0.574. The van der Waals surface area contributed by atoms with Gasteiger partial charge in [0.05, 0.1) is 11.7 Å². The molecular weight excluding hydrogens is 362 g/mol. The minimum Gasteiger partial charge on any atom is -0.347 e. The number of pyridine rings is 1. The fourth-order valence-electron chi connectivity index (χ4n) is 3.16. The number of anilines is 1. The Bertz CT molecular complexity index is 1180. The molecule has 5 nitrogen and oxygen atoms in total. The Hall–Kier alpha value is -3.61. The van der Waals surface area contributed by atoms with Crippen LogP contribution >= 0.6 is 0 Å². The fourth-order valence-corrected chi connectivity index (χ4v) is 3.16. The van der Waals surface area contributed by atoms with Gasteiger partial charge in [-0.2, -0.15) is 0 Å². The Morgan fingerprint density at radius 1 is 0.929 bits per heavy atom. The molecule has 0 aliphatic rings. The van der Waals surface area contributed by atoms with Crippen molar-refractivity contribution in [3.05, 3.63) is 100 Å². The summed E-state index contributed by atoms with van der Waals surface area (Å²) in [5.74, 6) is -0.314. The van der Waals surface area contributed by atoms with E-state index in [9.17, 15) is 13.6 Å². The van der Waals surface area contributed by atoms with Crippen LogP contribution < -0.4 is 10.5 Å². The number of aromatic nitrogens is 3. The Morgan fingerprint density at radius 2 is 1.71 bits per heavy atom. The molecule has 2 heterocycles. The smallest absolute Gasteiger partial charge is 0.248 e. The molecule has 140 valence electrons. The van der Waals surface area contributed by atoms with Gasteiger partial charge >= 0.3 is 0 Å². The number of H-pyrrole nitrogens is 1. The first-order valence-corrected chi connectivity index (χ1v) is 8.66. The summed E-state index contributed by atoms with van der Waals surface area (Å²) in [5.41, 5.74) is 0.835. The van der Waals surface area contributed by atoms with Crippen molar-refractivity contribution in [3.8, 4) is 0 Å². The Kier molecular flexibility index (Phi) is 4.80. The van der Waals surface area contributed by atoms with Crippen molar-refractivity contribution in [1.82, 2.24) is 15.0 Å². The van der Waals surface area contributed by atoms with Crippen LogP contribution in [0.3, 0.4) is 0 Å². The highest BCUT2D eigenvalue weighted by atomic mass is 19.1. The van der Waals surface area contributed by atoms with Gasteiger partial charge in [-0.25, -0.2) is 13.8 Å². The second kappa shape index (κ2) is 7.56. The SMILES string of the molecule is O=c1cc(CN(Cc2ccccc2F)c2cnccn2)c2cccc(F)c2[nH]1. The molecule has 0 aliphatic heterocycles. The van der Waals surface area contributed by atoms with Gasteiger partial charge in [-0.1, -0.05) is 30.3 Å². The van der Waals surface area contributed by atoms with Crippen LogP contribution in [0.25, 0.3) is 10.9 Å². The Labute approximate surface area is 159 Å². The minimum absolute atomic E-state index is 0.148. The van der Waals surface area contributed by atoms with Gasteiger partial charge in [-0.15, -0.1) is 0 Å². The second-order valence-corrected chi connectivity index (χ2v) is 6.33. The van der Waals surface area contributed by atoms with Crippen LogP contribution in [0.1, 0.15) is 11.1 Å². The standard InChI is InChI=1S/C21H16F2N4O/c22-17-6-2-1-4-14(17)12-27(19-11-24-8-9-25-19)13-15-10-20(28)26-21-16(15)5-3-7-18(21)23/h1-11H,12-13H2,(H,26,28). The summed E-state index contributed by atoms with van der Waals surface area (Å²) in [4.78, 5) is 24.8. The molecule has 0 radical (unpaired) electrons. The predicted molar refractivity (Wildman–Crippen MR) is 103 cm³/mol. The topological polar surface area (TPSA) is 61.9 Å². The van der Waals surface area contributed by atoms with E-state index in [2.05, 4.69) is 15.0 Å². The highest BCUT2D eigenvalue weighted by Gasteiger charge is 2.15. The van der Waals surface area contributed by atoms with Crippen LogP contribution in [0.5, 0.6) is 0 Å². The number of para-hydroxylation sites is 1. The molecule has 0 bridgehead atoms. The summed E-state index contributed by atoms with van der Waals surface area (Å²) >= 11 is 0. The lowest BCUT2D eigenvalue weighted by molar-refractivity contribution is 0.602. The van der Waals surface area contributed by atoms with Crippen molar-refractivity contribution in [3.63, 3.8) is 0 Å². The van der Waals surface area contributed by atoms with Gasteiger partial charge in [-0.3, -0.25) is 9.78 Å². The van der Waals surface area contributed by atoms with Crippen LogP contribution in [0.15, 0.2) is 71.9 Å². The molecule has 0 spiro atoms. The van der Waals surface area contributed by atoms with E-state index in [1.807, 2.05) is 0 Å². The monoisotopic (exact) mass is 378 g/mol. The number of halogens is 2. The lowest BCUT2D eigenvalue weighted by Crippen LogP contribution is -2.25. The summed E-state index contributed by atoms with van der Waals surface area (Å²) in [7, 11) is 0. The summed E-state index contributed by atoms with van der Waals surface area (Å²) < 4.78 is 28.4. The van der Waals surface area contributed by atoms with E-state index in [4.69, 9.17) is 0 Å². The summed E-state index contributed by atoms with van der Waals surface area (Å²) in [6.07, 6.45) is 4.65. The third kappa shape index (κ3) is 3.59. The molecule has 0 saturated heterocycles. The van der Waals surface area contributed by atoms with Crippen molar-refractivity contribution in [2.24, 2.45) is 0 Å². The minimum atomic E-state index is -0.503. The number of hydrogen-bond acceptors (Lipinski definition) is 4. The highest BCUT2D eigenvalue weighted by Crippen LogP contribution is 2.23. The average Bonchev–Trinajstić information content (AvgIpc) is 2.70. The number of benzene rings is 2. The molecule has 0 atom stereocenters. The predicted octanol–water partition coefficient (Wildman–Crippen LogP) is 3.80. The zero-order chi connectivity index (χ0) is 19.5. The van der Waals surface area contributed by atoms with Gasteiger partial charge < -0.3 is 9.88 Å². The molecule has 2 aromatic carbocycles. The van der Waals surface area contributed by atoms with Crippen molar-refractivity contribution in [2.45, 2.75) is 13.1 Å². The first-order chi connectivity index (χ1) is 13.6. The molecule has 0 unspecified atom stereocenters. The third-order valence-electron chi connectivity index (χ3n) is 4.47.